The minimum absolute atomic E-state index is 0.0432. The van der Waals surface area contributed by atoms with Crippen LogP contribution in [0.4, 0.5) is 16.2 Å². The molecule has 1 atom stereocenters. The zero-order valence-electron chi connectivity index (χ0n) is 14.4. The number of hydrogen-bond donors (Lipinski definition) is 2. The van der Waals surface area contributed by atoms with Gasteiger partial charge in [-0.2, -0.15) is 0 Å². The molecule has 1 heterocycles. The van der Waals surface area contributed by atoms with Crippen molar-refractivity contribution in [1.29, 1.82) is 0 Å². The molecule has 26 heavy (non-hydrogen) atoms. The number of anilines is 2. The summed E-state index contributed by atoms with van der Waals surface area (Å²) < 4.78 is 0. The summed E-state index contributed by atoms with van der Waals surface area (Å²) >= 11 is 5.85. The number of amides is 4. The molecule has 0 bridgehead atoms. The zero-order valence-corrected chi connectivity index (χ0v) is 15.1. The van der Waals surface area contributed by atoms with Crippen LogP contribution in [0.3, 0.4) is 0 Å². The first-order valence-corrected chi connectivity index (χ1v) is 8.50. The van der Waals surface area contributed by atoms with Crippen LogP contribution in [0, 0.1) is 19.8 Å². The van der Waals surface area contributed by atoms with Gasteiger partial charge in [0.05, 0.1) is 5.69 Å². The number of carbonyl (C=O) groups is 3. The van der Waals surface area contributed by atoms with Crippen LogP contribution >= 0.6 is 11.6 Å². The first-order valence-electron chi connectivity index (χ1n) is 8.12. The second-order valence-electron chi connectivity index (χ2n) is 6.20. The Balaban J connectivity index is 1.81. The van der Waals surface area contributed by atoms with E-state index in [1.807, 2.05) is 26.0 Å². The van der Waals surface area contributed by atoms with E-state index in [1.54, 1.807) is 30.3 Å². The van der Waals surface area contributed by atoms with Gasteiger partial charge in [0.15, 0.2) is 0 Å². The maximum absolute atomic E-state index is 12.8. The fraction of sp³-hybridized carbons (Fsp3) is 0.211. The van der Waals surface area contributed by atoms with E-state index in [0.29, 0.717) is 16.4 Å². The summed E-state index contributed by atoms with van der Waals surface area (Å²) in [7, 11) is 0. The SMILES string of the molecule is Cc1ccc(NC(=O)C2CNC(=O)N(c3ccc(Cl)cc3)C2=O)c(C)c1. The van der Waals surface area contributed by atoms with Gasteiger partial charge >= 0.3 is 6.03 Å². The molecule has 4 amide bonds. The Morgan fingerprint density at radius 3 is 2.50 bits per heavy atom. The van der Waals surface area contributed by atoms with Gasteiger partial charge in [-0.3, -0.25) is 9.59 Å². The molecule has 0 aliphatic carbocycles. The highest BCUT2D eigenvalue weighted by Crippen LogP contribution is 2.23. The van der Waals surface area contributed by atoms with E-state index < -0.39 is 23.8 Å². The molecule has 2 aromatic rings. The molecule has 1 fully saturated rings. The number of rotatable bonds is 3. The van der Waals surface area contributed by atoms with E-state index in [0.717, 1.165) is 16.0 Å². The minimum atomic E-state index is -1.01. The summed E-state index contributed by atoms with van der Waals surface area (Å²) in [6, 6.07) is 11.3. The minimum Gasteiger partial charge on any atom is -0.336 e. The predicted molar refractivity (Wildman–Crippen MR) is 100 cm³/mol. The molecule has 3 rings (SSSR count). The third-order valence-corrected chi connectivity index (χ3v) is 4.47. The van der Waals surface area contributed by atoms with Gasteiger partial charge in [0.2, 0.25) is 11.8 Å². The average molecular weight is 372 g/mol. The number of nitrogens with zero attached hydrogens (tertiary/aromatic N) is 1. The Hall–Kier alpha value is -2.86. The third-order valence-electron chi connectivity index (χ3n) is 4.22. The average Bonchev–Trinajstić information content (AvgIpc) is 2.59. The van der Waals surface area contributed by atoms with Crippen molar-refractivity contribution in [2.45, 2.75) is 13.8 Å². The van der Waals surface area contributed by atoms with Crippen LogP contribution < -0.4 is 15.5 Å². The van der Waals surface area contributed by atoms with Crippen LogP contribution in [0.2, 0.25) is 5.02 Å². The first kappa shape index (κ1) is 17.9. The van der Waals surface area contributed by atoms with Crippen molar-refractivity contribution < 1.29 is 14.4 Å². The van der Waals surface area contributed by atoms with E-state index in [9.17, 15) is 14.4 Å². The standard InChI is InChI=1S/C19H18ClN3O3/c1-11-3-8-16(12(2)9-11)22-17(24)15-10-21-19(26)23(18(15)25)14-6-4-13(20)5-7-14/h3-9,15H,10H2,1-2H3,(H,21,26)(H,22,24). The molecule has 1 aliphatic rings. The van der Waals surface area contributed by atoms with E-state index in [-0.39, 0.29) is 6.54 Å². The highest BCUT2D eigenvalue weighted by atomic mass is 35.5. The van der Waals surface area contributed by atoms with Crippen LogP contribution in [0.5, 0.6) is 0 Å². The summed E-state index contributed by atoms with van der Waals surface area (Å²) in [6.07, 6.45) is 0. The molecular formula is C19H18ClN3O3. The molecule has 0 spiro atoms. The lowest BCUT2D eigenvalue weighted by atomic mass is 10.0. The fourth-order valence-electron chi connectivity index (χ4n) is 2.82. The topological polar surface area (TPSA) is 78.5 Å². The maximum atomic E-state index is 12.8. The summed E-state index contributed by atoms with van der Waals surface area (Å²) in [5.74, 6) is -2.04. The lowest BCUT2D eigenvalue weighted by Crippen LogP contribution is -2.58. The number of urea groups is 1. The summed E-state index contributed by atoms with van der Waals surface area (Å²) in [5, 5.41) is 5.85. The Bertz CT molecular complexity index is 880. The molecule has 7 heteroatoms. The Morgan fingerprint density at radius 2 is 1.85 bits per heavy atom. The van der Waals surface area contributed by atoms with Gasteiger partial charge in [-0.05, 0) is 49.7 Å². The van der Waals surface area contributed by atoms with Gasteiger partial charge in [-0.1, -0.05) is 29.3 Å². The number of aryl methyl sites for hydroxylation is 2. The van der Waals surface area contributed by atoms with Gasteiger partial charge in [-0.25, -0.2) is 9.69 Å². The van der Waals surface area contributed by atoms with Crippen molar-refractivity contribution in [3.05, 3.63) is 58.6 Å². The second-order valence-corrected chi connectivity index (χ2v) is 6.63. The van der Waals surface area contributed by atoms with Crippen LogP contribution in [0.1, 0.15) is 11.1 Å². The normalized spacial score (nSPS) is 17.0. The Kier molecular flexibility index (Phi) is 4.95. The van der Waals surface area contributed by atoms with Gasteiger partial charge in [-0.15, -0.1) is 0 Å². The van der Waals surface area contributed by atoms with Crippen molar-refractivity contribution in [3.8, 4) is 0 Å². The Morgan fingerprint density at radius 1 is 1.15 bits per heavy atom. The van der Waals surface area contributed by atoms with Crippen molar-refractivity contribution in [1.82, 2.24) is 5.32 Å². The first-order chi connectivity index (χ1) is 12.4. The number of nitrogens with one attached hydrogen (secondary N) is 2. The van der Waals surface area contributed by atoms with Crippen molar-refractivity contribution in [2.75, 3.05) is 16.8 Å². The van der Waals surface area contributed by atoms with Crippen molar-refractivity contribution in [3.63, 3.8) is 0 Å². The maximum Gasteiger partial charge on any atom is 0.328 e. The van der Waals surface area contributed by atoms with Gasteiger partial charge in [0, 0.05) is 17.3 Å². The number of imide groups is 1. The Labute approximate surface area is 156 Å². The van der Waals surface area contributed by atoms with Gasteiger partial charge in [0.25, 0.3) is 0 Å². The van der Waals surface area contributed by atoms with E-state index in [4.69, 9.17) is 11.6 Å². The van der Waals surface area contributed by atoms with Crippen LogP contribution in [-0.2, 0) is 9.59 Å². The van der Waals surface area contributed by atoms with Gasteiger partial charge in [0.1, 0.15) is 5.92 Å². The number of hydrogen-bond acceptors (Lipinski definition) is 3. The molecule has 2 aromatic carbocycles. The lowest BCUT2D eigenvalue weighted by molar-refractivity contribution is -0.130. The van der Waals surface area contributed by atoms with Crippen LogP contribution in [-0.4, -0.2) is 24.4 Å². The van der Waals surface area contributed by atoms with Crippen molar-refractivity contribution >= 4 is 40.8 Å². The fourth-order valence-corrected chi connectivity index (χ4v) is 2.95. The molecule has 1 unspecified atom stereocenters. The van der Waals surface area contributed by atoms with E-state index in [1.165, 1.54) is 0 Å². The predicted octanol–water partition coefficient (Wildman–Crippen LogP) is 3.27. The number of carbonyl (C=O) groups excluding carboxylic acids is 3. The molecule has 0 radical (unpaired) electrons. The largest absolute Gasteiger partial charge is 0.336 e. The molecule has 2 N–H and O–H groups in total. The monoisotopic (exact) mass is 371 g/mol. The zero-order chi connectivity index (χ0) is 18.8. The highest BCUT2D eigenvalue weighted by Gasteiger charge is 2.39. The second kappa shape index (κ2) is 7.17. The molecular weight excluding hydrogens is 354 g/mol. The molecule has 1 aliphatic heterocycles. The molecule has 6 nitrogen and oxygen atoms in total. The summed E-state index contributed by atoms with van der Waals surface area (Å²) in [6.45, 7) is 3.80. The van der Waals surface area contributed by atoms with Crippen molar-refractivity contribution in [2.24, 2.45) is 5.92 Å². The van der Waals surface area contributed by atoms with Crippen LogP contribution in [0.25, 0.3) is 0 Å². The lowest BCUT2D eigenvalue weighted by Gasteiger charge is -2.30. The smallest absolute Gasteiger partial charge is 0.328 e. The molecule has 134 valence electrons. The van der Waals surface area contributed by atoms with Crippen LogP contribution in [0.15, 0.2) is 42.5 Å². The van der Waals surface area contributed by atoms with E-state index in [2.05, 4.69) is 10.6 Å². The molecule has 0 aromatic heterocycles. The number of benzene rings is 2. The van der Waals surface area contributed by atoms with Gasteiger partial charge < -0.3 is 10.6 Å². The molecule has 0 saturated carbocycles. The highest BCUT2D eigenvalue weighted by molar-refractivity contribution is 6.30. The summed E-state index contributed by atoms with van der Waals surface area (Å²) in [4.78, 5) is 38.5. The quantitative estimate of drug-likeness (QED) is 0.813. The number of halogens is 1. The van der Waals surface area contributed by atoms with E-state index >= 15 is 0 Å². The summed E-state index contributed by atoms with van der Waals surface area (Å²) in [5.41, 5.74) is 2.99. The third kappa shape index (κ3) is 3.55. The molecule has 1 saturated heterocycles.